The molecule has 1 N–H and O–H groups in total. The van der Waals surface area contributed by atoms with Crippen molar-refractivity contribution < 1.29 is 4.79 Å². The van der Waals surface area contributed by atoms with E-state index >= 15 is 0 Å². The smallest absolute Gasteiger partial charge is 0.223 e. The molecule has 5 nitrogen and oxygen atoms in total. The van der Waals surface area contributed by atoms with E-state index in [-0.39, 0.29) is 5.92 Å². The molecule has 2 saturated heterocycles. The number of amides is 1. The van der Waals surface area contributed by atoms with Gasteiger partial charge < -0.3 is 15.1 Å². The zero-order valence-electron chi connectivity index (χ0n) is 16.0. The second-order valence-electron chi connectivity index (χ2n) is 8.44. The van der Waals surface area contributed by atoms with Gasteiger partial charge in [-0.2, -0.15) is 0 Å². The average molecular weight is 337 g/mol. The highest BCUT2D eigenvalue weighted by atomic mass is 16.1. The number of carbonyl (C=O) groups excluding carboxylic acids is 1. The molecule has 0 spiro atoms. The monoisotopic (exact) mass is 336 g/mol. The van der Waals surface area contributed by atoms with Gasteiger partial charge in [0, 0.05) is 57.3 Å². The van der Waals surface area contributed by atoms with Crippen LogP contribution < -0.4 is 5.32 Å². The van der Waals surface area contributed by atoms with Gasteiger partial charge in [0.15, 0.2) is 0 Å². The third-order valence-electron chi connectivity index (χ3n) is 7.16. The van der Waals surface area contributed by atoms with E-state index in [1.807, 2.05) is 0 Å². The lowest BCUT2D eigenvalue weighted by Crippen LogP contribution is -2.47. The van der Waals surface area contributed by atoms with E-state index in [2.05, 4.69) is 48.0 Å². The largest absolute Gasteiger partial charge is 0.355 e. The molecular weight excluding hydrogens is 300 g/mol. The number of carbonyl (C=O) groups is 1. The van der Waals surface area contributed by atoms with Gasteiger partial charge in [-0.05, 0) is 52.1 Å². The van der Waals surface area contributed by atoms with Crippen LogP contribution in [0.5, 0.6) is 0 Å². The first-order valence-corrected chi connectivity index (χ1v) is 9.88. The van der Waals surface area contributed by atoms with Crippen molar-refractivity contribution in [3.05, 3.63) is 0 Å². The summed E-state index contributed by atoms with van der Waals surface area (Å²) in [7, 11) is 4.44. The highest BCUT2D eigenvalue weighted by Crippen LogP contribution is 2.44. The normalized spacial score (nSPS) is 38.9. The molecular formula is C19H36N4O. The Morgan fingerprint density at radius 1 is 1.08 bits per heavy atom. The van der Waals surface area contributed by atoms with Gasteiger partial charge in [0.1, 0.15) is 0 Å². The lowest BCUT2D eigenvalue weighted by Gasteiger charge is -2.35. The Morgan fingerprint density at radius 2 is 1.79 bits per heavy atom. The molecule has 0 radical (unpaired) electrons. The van der Waals surface area contributed by atoms with Crippen molar-refractivity contribution in [2.45, 2.75) is 45.2 Å². The highest BCUT2D eigenvalue weighted by Gasteiger charge is 2.46. The number of hydrogen-bond donors (Lipinski definition) is 1. The Hall–Kier alpha value is -0.650. The van der Waals surface area contributed by atoms with Gasteiger partial charge in [-0.1, -0.05) is 6.92 Å². The molecule has 3 rings (SSSR count). The molecule has 0 bridgehead atoms. The maximum atomic E-state index is 12.6. The summed E-state index contributed by atoms with van der Waals surface area (Å²) >= 11 is 0. The third-order valence-corrected chi connectivity index (χ3v) is 7.16. The van der Waals surface area contributed by atoms with Crippen LogP contribution in [0.15, 0.2) is 0 Å². The Balaban J connectivity index is 1.41. The minimum atomic E-state index is 0.236. The summed E-state index contributed by atoms with van der Waals surface area (Å²) in [6, 6.07) is 1.35. The number of nitrogens with one attached hydrogen (secondary N) is 1. The standard InChI is InChI=1S/C19H36N4O/c1-14-15(2)22(4)18-6-5-16(13-17(14)18)19(24)20-7-8-23-11-9-21(3)10-12-23/h14-18H,5-13H2,1-4H3,(H,20,24). The minimum Gasteiger partial charge on any atom is -0.355 e. The quantitative estimate of drug-likeness (QED) is 0.835. The molecule has 3 aliphatic rings. The molecule has 0 aromatic heterocycles. The first kappa shape index (κ1) is 18.2. The van der Waals surface area contributed by atoms with E-state index in [4.69, 9.17) is 0 Å². The van der Waals surface area contributed by atoms with Gasteiger partial charge in [-0.25, -0.2) is 0 Å². The van der Waals surface area contributed by atoms with Crippen LogP contribution in [0, 0.1) is 17.8 Å². The highest BCUT2D eigenvalue weighted by molar-refractivity contribution is 5.78. The van der Waals surface area contributed by atoms with Crippen molar-refractivity contribution in [2.75, 3.05) is 53.4 Å². The summed E-state index contributed by atoms with van der Waals surface area (Å²) in [6.07, 6.45) is 3.33. The molecule has 1 amide bonds. The Bertz CT molecular complexity index is 435. The number of hydrogen-bond acceptors (Lipinski definition) is 4. The van der Waals surface area contributed by atoms with E-state index in [0.717, 1.165) is 52.1 Å². The van der Waals surface area contributed by atoms with Gasteiger partial charge >= 0.3 is 0 Å². The van der Waals surface area contributed by atoms with Crippen LogP contribution in [0.2, 0.25) is 0 Å². The van der Waals surface area contributed by atoms with Crippen molar-refractivity contribution in [1.82, 2.24) is 20.0 Å². The second-order valence-corrected chi connectivity index (χ2v) is 8.44. The van der Waals surface area contributed by atoms with Gasteiger partial charge in [-0.3, -0.25) is 9.69 Å². The number of fused-ring (bicyclic) bond motifs is 1. The summed E-state index contributed by atoms with van der Waals surface area (Å²) in [5, 5.41) is 3.22. The Morgan fingerprint density at radius 3 is 2.50 bits per heavy atom. The van der Waals surface area contributed by atoms with E-state index in [1.54, 1.807) is 0 Å². The number of rotatable bonds is 4. The molecule has 1 aliphatic carbocycles. The second kappa shape index (κ2) is 7.71. The van der Waals surface area contributed by atoms with Crippen LogP contribution in [0.25, 0.3) is 0 Å². The van der Waals surface area contributed by atoms with Crippen LogP contribution in [0.4, 0.5) is 0 Å². The number of piperazine rings is 1. The van der Waals surface area contributed by atoms with Crippen molar-refractivity contribution in [3.8, 4) is 0 Å². The summed E-state index contributed by atoms with van der Waals surface area (Å²) < 4.78 is 0. The van der Waals surface area contributed by atoms with E-state index < -0.39 is 0 Å². The molecule has 3 fully saturated rings. The van der Waals surface area contributed by atoms with Gasteiger partial charge in [-0.15, -0.1) is 0 Å². The van der Waals surface area contributed by atoms with Crippen LogP contribution in [0.3, 0.4) is 0 Å². The molecule has 5 heteroatoms. The Kier molecular flexibility index (Phi) is 5.83. The van der Waals surface area contributed by atoms with E-state index in [1.165, 1.54) is 6.42 Å². The van der Waals surface area contributed by atoms with Gasteiger partial charge in [0.25, 0.3) is 0 Å². The van der Waals surface area contributed by atoms with Gasteiger partial charge in [0.05, 0.1) is 0 Å². The number of nitrogens with zero attached hydrogens (tertiary/aromatic N) is 3. The molecule has 0 aromatic rings. The van der Waals surface area contributed by atoms with E-state index in [0.29, 0.717) is 29.8 Å². The van der Waals surface area contributed by atoms with Gasteiger partial charge in [0.2, 0.25) is 5.91 Å². The van der Waals surface area contributed by atoms with Crippen molar-refractivity contribution in [1.29, 1.82) is 0 Å². The Labute approximate surface area is 147 Å². The fraction of sp³-hybridized carbons (Fsp3) is 0.947. The molecule has 2 heterocycles. The summed E-state index contributed by atoms with van der Waals surface area (Å²) in [5.74, 6) is 1.95. The fourth-order valence-electron chi connectivity index (χ4n) is 5.08. The van der Waals surface area contributed by atoms with Crippen molar-refractivity contribution >= 4 is 5.91 Å². The number of likely N-dealkylation sites (tertiary alicyclic amines) is 1. The van der Waals surface area contributed by atoms with Crippen LogP contribution in [-0.2, 0) is 4.79 Å². The summed E-state index contributed by atoms with van der Waals surface area (Å²) in [6.45, 7) is 11.1. The minimum absolute atomic E-state index is 0.236. The topological polar surface area (TPSA) is 38.8 Å². The van der Waals surface area contributed by atoms with Crippen LogP contribution >= 0.6 is 0 Å². The number of likely N-dealkylation sites (N-methyl/N-ethyl adjacent to an activating group) is 1. The third kappa shape index (κ3) is 3.78. The van der Waals surface area contributed by atoms with E-state index in [9.17, 15) is 4.79 Å². The lowest BCUT2D eigenvalue weighted by molar-refractivity contribution is -0.126. The molecule has 24 heavy (non-hydrogen) atoms. The SMILES string of the molecule is CC1C2CC(C(=O)NCCN3CCN(C)CC3)CCC2N(C)C1C. The maximum Gasteiger partial charge on any atom is 0.223 e. The lowest BCUT2D eigenvalue weighted by atomic mass is 9.74. The van der Waals surface area contributed by atoms with Crippen molar-refractivity contribution in [3.63, 3.8) is 0 Å². The van der Waals surface area contributed by atoms with Crippen molar-refractivity contribution in [2.24, 2.45) is 17.8 Å². The zero-order valence-corrected chi connectivity index (χ0v) is 16.0. The fourth-order valence-corrected chi connectivity index (χ4v) is 5.08. The molecule has 2 aliphatic heterocycles. The van der Waals surface area contributed by atoms with Crippen LogP contribution in [0.1, 0.15) is 33.1 Å². The average Bonchev–Trinajstić information content (AvgIpc) is 2.81. The molecule has 1 saturated carbocycles. The summed E-state index contributed by atoms with van der Waals surface area (Å²) in [5.41, 5.74) is 0. The predicted molar refractivity (Wildman–Crippen MR) is 98.0 cm³/mol. The zero-order chi connectivity index (χ0) is 17.3. The molecule has 138 valence electrons. The predicted octanol–water partition coefficient (Wildman–Crippen LogP) is 1.10. The molecule has 5 unspecified atom stereocenters. The molecule has 5 atom stereocenters. The molecule has 0 aromatic carbocycles. The first-order valence-electron chi connectivity index (χ1n) is 9.88. The maximum absolute atomic E-state index is 12.6. The van der Waals surface area contributed by atoms with Crippen LogP contribution in [-0.4, -0.2) is 86.1 Å². The summed E-state index contributed by atoms with van der Waals surface area (Å²) in [4.78, 5) is 20.0. The first-order chi connectivity index (χ1) is 11.5.